The van der Waals surface area contributed by atoms with E-state index in [2.05, 4.69) is 10.1 Å². The number of carbonyl (C=O) groups excluding carboxylic acids is 1. The van der Waals surface area contributed by atoms with Crippen molar-refractivity contribution in [3.05, 3.63) is 112 Å². The Morgan fingerprint density at radius 2 is 1.71 bits per heavy atom. The van der Waals surface area contributed by atoms with E-state index in [9.17, 15) is 14.9 Å². The second-order valence-electron chi connectivity index (χ2n) is 7.96. The van der Waals surface area contributed by atoms with Crippen molar-refractivity contribution in [3.63, 3.8) is 0 Å². The normalized spacial score (nSPS) is 10.7. The average Bonchev–Trinajstić information content (AvgIpc) is 3.34. The molecule has 0 fully saturated rings. The third-order valence-corrected chi connectivity index (χ3v) is 5.48. The van der Waals surface area contributed by atoms with Crippen molar-refractivity contribution in [2.24, 2.45) is 0 Å². The van der Waals surface area contributed by atoms with Gasteiger partial charge in [-0.25, -0.2) is 0 Å². The molecular formula is C26H24N4O4. The minimum absolute atomic E-state index is 0.117. The molecule has 4 aromatic rings. The summed E-state index contributed by atoms with van der Waals surface area (Å²) in [6, 6.07) is 23.5. The lowest BCUT2D eigenvalue weighted by atomic mass is 10.1. The summed E-state index contributed by atoms with van der Waals surface area (Å²) in [6.07, 6.45) is 1.02. The Hall–Kier alpha value is -4.33. The summed E-state index contributed by atoms with van der Waals surface area (Å²) in [6.45, 7) is 2.79. The van der Waals surface area contributed by atoms with E-state index in [1.165, 1.54) is 18.2 Å². The van der Waals surface area contributed by atoms with Crippen LogP contribution in [0.4, 0.5) is 5.69 Å². The predicted molar refractivity (Wildman–Crippen MR) is 127 cm³/mol. The number of nitrogens with zero attached hydrogens (tertiary/aromatic N) is 4. The van der Waals surface area contributed by atoms with Crippen LogP contribution in [0, 0.1) is 17.0 Å². The van der Waals surface area contributed by atoms with Gasteiger partial charge < -0.3 is 9.42 Å². The van der Waals surface area contributed by atoms with E-state index in [0.717, 1.165) is 16.7 Å². The van der Waals surface area contributed by atoms with Crippen LogP contribution < -0.4 is 0 Å². The molecule has 8 heteroatoms. The van der Waals surface area contributed by atoms with E-state index in [1.807, 2.05) is 61.5 Å². The fourth-order valence-corrected chi connectivity index (χ4v) is 3.57. The van der Waals surface area contributed by atoms with Gasteiger partial charge in [0.05, 0.1) is 4.92 Å². The SMILES string of the molecule is Cc1ccc(-c2noc(CCN(CCc3ccccc3)C(=O)c3cccc([N+](=O)[O-])c3)n2)cc1. The van der Waals surface area contributed by atoms with E-state index in [1.54, 1.807) is 11.0 Å². The molecule has 0 bridgehead atoms. The standard InChI is InChI=1S/C26H24N4O4/c1-19-10-12-21(13-11-19)25-27-24(34-28-25)15-17-29(16-14-20-6-3-2-4-7-20)26(31)22-8-5-9-23(18-22)30(32)33/h2-13,18H,14-17H2,1H3. The summed E-state index contributed by atoms with van der Waals surface area (Å²) in [5, 5.41) is 15.2. The molecule has 3 aromatic carbocycles. The van der Waals surface area contributed by atoms with Gasteiger partial charge in [-0.2, -0.15) is 4.98 Å². The van der Waals surface area contributed by atoms with Crippen molar-refractivity contribution < 1.29 is 14.2 Å². The number of non-ortho nitro benzene ring substituents is 1. The van der Waals surface area contributed by atoms with Gasteiger partial charge in [-0.15, -0.1) is 0 Å². The molecule has 0 aliphatic heterocycles. The second-order valence-corrected chi connectivity index (χ2v) is 7.96. The molecule has 0 aliphatic carbocycles. The zero-order valence-electron chi connectivity index (χ0n) is 18.8. The summed E-state index contributed by atoms with van der Waals surface area (Å²) in [5.41, 5.74) is 3.25. The lowest BCUT2D eigenvalue weighted by molar-refractivity contribution is -0.384. The van der Waals surface area contributed by atoms with Crippen molar-refractivity contribution in [2.75, 3.05) is 13.1 Å². The van der Waals surface area contributed by atoms with E-state index in [0.29, 0.717) is 37.6 Å². The van der Waals surface area contributed by atoms with Gasteiger partial charge in [-0.05, 0) is 25.0 Å². The number of hydrogen-bond acceptors (Lipinski definition) is 6. The topological polar surface area (TPSA) is 102 Å². The third-order valence-electron chi connectivity index (χ3n) is 5.48. The van der Waals surface area contributed by atoms with Crippen LogP contribution in [0.25, 0.3) is 11.4 Å². The highest BCUT2D eigenvalue weighted by Crippen LogP contribution is 2.18. The molecule has 4 rings (SSSR count). The lowest BCUT2D eigenvalue weighted by Gasteiger charge is -2.22. The predicted octanol–water partition coefficient (Wildman–Crippen LogP) is 4.88. The molecule has 0 saturated heterocycles. The van der Waals surface area contributed by atoms with Crippen LogP contribution >= 0.6 is 0 Å². The number of benzene rings is 3. The number of amides is 1. The molecule has 0 radical (unpaired) electrons. The third kappa shape index (κ3) is 5.72. The Morgan fingerprint density at radius 1 is 0.971 bits per heavy atom. The molecule has 0 N–H and O–H groups in total. The van der Waals surface area contributed by atoms with Crippen molar-refractivity contribution in [1.29, 1.82) is 0 Å². The van der Waals surface area contributed by atoms with Gasteiger partial charge in [0, 0.05) is 42.8 Å². The summed E-state index contributed by atoms with van der Waals surface area (Å²) in [5.74, 6) is 0.640. The Morgan fingerprint density at radius 3 is 2.44 bits per heavy atom. The number of hydrogen-bond donors (Lipinski definition) is 0. The molecule has 0 saturated carbocycles. The van der Waals surface area contributed by atoms with Crippen molar-refractivity contribution in [2.45, 2.75) is 19.8 Å². The van der Waals surface area contributed by atoms with Crippen LogP contribution in [-0.2, 0) is 12.8 Å². The van der Waals surface area contributed by atoms with Crippen LogP contribution in [0.2, 0.25) is 0 Å². The maximum atomic E-state index is 13.3. The lowest BCUT2D eigenvalue weighted by Crippen LogP contribution is -2.34. The average molecular weight is 457 g/mol. The largest absolute Gasteiger partial charge is 0.339 e. The molecule has 0 aliphatic rings. The maximum Gasteiger partial charge on any atom is 0.270 e. The van der Waals surface area contributed by atoms with Crippen LogP contribution in [0.1, 0.15) is 27.4 Å². The van der Waals surface area contributed by atoms with Crippen molar-refractivity contribution in [1.82, 2.24) is 15.0 Å². The van der Waals surface area contributed by atoms with E-state index >= 15 is 0 Å². The molecular weight excluding hydrogens is 432 g/mol. The Kier molecular flexibility index (Phi) is 7.07. The van der Waals surface area contributed by atoms with Crippen molar-refractivity contribution in [3.8, 4) is 11.4 Å². The van der Waals surface area contributed by atoms with Gasteiger partial charge in [0.2, 0.25) is 11.7 Å². The molecule has 0 unspecified atom stereocenters. The molecule has 8 nitrogen and oxygen atoms in total. The minimum Gasteiger partial charge on any atom is -0.339 e. The molecule has 172 valence electrons. The summed E-state index contributed by atoms with van der Waals surface area (Å²) < 4.78 is 5.41. The minimum atomic E-state index is -0.504. The first-order chi connectivity index (χ1) is 16.5. The molecule has 0 spiro atoms. The first-order valence-corrected chi connectivity index (χ1v) is 11.0. The molecule has 1 amide bonds. The van der Waals surface area contributed by atoms with Gasteiger partial charge in [0.25, 0.3) is 11.6 Å². The highest BCUT2D eigenvalue weighted by atomic mass is 16.6. The fraction of sp³-hybridized carbons (Fsp3) is 0.192. The quantitative estimate of drug-likeness (QED) is 0.263. The zero-order valence-corrected chi connectivity index (χ0v) is 18.8. The zero-order chi connectivity index (χ0) is 23.9. The number of carbonyl (C=O) groups is 1. The van der Waals surface area contributed by atoms with E-state index in [4.69, 9.17) is 4.52 Å². The molecule has 0 atom stereocenters. The number of nitro groups is 1. The first-order valence-electron chi connectivity index (χ1n) is 11.0. The molecule has 1 heterocycles. The fourth-order valence-electron chi connectivity index (χ4n) is 3.57. The Balaban J connectivity index is 1.50. The summed E-state index contributed by atoms with van der Waals surface area (Å²) in [7, 11) is 0. The number of aryl methyl sites for hydroxylation is 1. The van der Waals surface area contributed by atoms with Crippen LogP contribution in [-0.4, -0.2) is 39.0 Å². The van der Waals surface area contributed by atoms with Crippen LogP contribution in [0.15, 0.2) is 83.4 Å². The van der Waals surface area contributed by atoms with Crippen LogP contribution in [0.3, 0.4) is 0 Å². The Bertz CT molecular complexity index is 1270. The second kappa shape index (κ2) is 10.5. The Labute approximate surface area is 197 Å². The monoisotopic (exact) mass is 456 g/mol. The number of aromatic nitrogens is 2. The maximum absolute atomic E-state index is 13.3. The number of nitro benzene ring substituents is 1. The van der Waals surface area contributed by atoms with E-state index in [-0.39, 0.29) is 17.2 Å². The first kappa shape index (κ1) is 22.8. The molecule has 34 heavy (non-hydrogen) atoms. The molecule has 1 aromatic heterocycles. The van der Waals surface area contributed by atoms with Gasteiger partial charge in [-0.3, -0.25) is 14.9 Å². The van der Waals surface area contributed by atoms with Gasteiger partial charge in [0.15, 0.2) is 0 Å². The van der Waals surface area contributed by atoms with Crippen molar-refractivity contribution >= 4 is 11.6 Å². The number of rotatable bonds is 9. The van der Waals surface area contributed by atoms with Crippen LogP contribution in [0.5, 0.6) is 0 Å². The van der Waals surface area contributed by atoms with Gasteiger partial charge >= 0.3 is 0 Å². The van der Waals surface area contributed by atoms with Gasteiger partial charge in [-0.1, -0.05) is 71.4 Å². The summed E-state index contributed by atoms with van der Waals surface area (Å²) in [4.78, 5) is 30.0. The summed E-state index contributed by atoms with van der Waals surface area (Å²) >= 11 is 0. The van der Waals surface area contributed by atoms with Gasteiger partial charge in [0.1, 0.15) is 0 Å². The smallest absolute Gasteiger partial charge is 0.270 e. The highest BCUT2D eigenvalue weighted by molar-refractivity contribution is 5.94. The highest BCUT2D eigenvalue weighted by Gasteiger charge is 2.20. The van der Waals surface area contributed by atoms with E-state index < -0.39 is 4.92 Å².